The summed E-state index contributed by atoms with van der Waals surface area (Å²) < 4.78 is 60.4. The van der Waals surface area contributed by atoms with Crippen molar-refractivity contribution in [2.75, 3.05) is 5.32 Å². The number of amides is 1. The molecule has 0 saturated heterocycles. The molecule has 33 heavy (non-hydrogen) atoms. The van der Waals surface area contributed by atoms with Crippen LogP contribution in [0.1, 0.15) is 49.9 Å². The number of nitrogens with zero attached hydrogens (tertiary/aromatic N) is 4. The molecule has 0 radical (unpaired) electrons. The number of anilines is 2. The second kappa shape index (κ2) is 7.59. The molecule has 0 unspecified atom stereocenters. The van der Waals surface area contributed by atoms with Crippen LogP contribution in [0.25, 0.3) is 5.65 Å². The zero-order valence-corrected chi connectivity index (χ0v) is 17.5. The highest BCUT2D eigenvalue weighted by Crippen LogP contribution is 2.39. The minimum absolute atomic E-state index is 0.0634. The van der Waals surface area contributed by atoms with Crippen LogP contribution in [0.3, 0.4) is 0 Å². The number of aromatic nitrogens is 5. The third-order valence-corrected chi connectivity index (χ3v) is 6.07. The first-order chi connectivity index (χ1) is 15.6. The van der Waals surface area contributed by atoms with Crippen LogP contribution in [0.15, 0.2) is 24.5 Å². The lowest BCUT2D eigenvalue weighted by Gasteiger charge is -2.19. The van der Waals surface area contributed by atoms with E-state index < -0.39 is 36.2 Å². The highest BCUT2D eigenvalue weighted by Gasteiger charge is 2.43. The Labute approximate surface area is 184 Å². The first-order valence-electron chi connectivity index (χ1n) is 10.5. The fourth-order valence-electron chi connectivity index (χ4n) is 3.95. The molecule has 3 N–H and O–H groups in total. The number of nitrogens with one attached hydrogen (secondary N) is 3. The molecule has 2 aliphatic carbocycles. The quantitative estimate of drug-likeness (QED) is 0.488. The fourth-order valence-corrected chi connectivity index (χ4v) is 3.95. The van der Waals surface area contributed by atoms with Crippen LogP contribution in [-0.2, 0) is 10.9 Å². The summed E-state index contributed by atoms with van der Waals surface area (Å²) in [5.41, 5.74) is -0.746. The van der Waals surface area contributed by atoms with E-state index >= 15 is 4.39 Å². The molecule has 2 fully saturated rings. The van der Waals surface area contributed by atoms with Gasteiger partial charge in [0, 0.05) is 35.6 Å². The summed E-state index contributed by atoms with van der Waals surface area (Å²) in [6.45, 7) is 1.90. The Morgan fingerprint density at radius 2 is 2.12 bits per heavy atom. The van der Waals surface area contributed by atoms with Gasteiger partial charge in [-0.15, -0.1) is 0 Å². The highest BCUT2D eigenvalue weighted by molar-refractivity contribution is 5.69. The third kappa shape index (κ3) is 4.31. The molecule has 0 bridgehead atoms. The average molecular weight is 467 g/mol. The summed E-state index contributed by atoms with van der Waals surface area (Å²) in [7, 11) is 0. The fraction of sp³-hybridized carbons (Fsp3) is 0.500. The van der Waals surface area contributed by atoms with Gasteiger partial charge in [0.05, 0.1) is 0 Å². The number of alkyl halides is 4. The first kappa shape index (κ1) is 21.5. The maximum atomic E-state index is 15.0. The van der Waals surface area contributed by atoms with E-state index in [4.69, 9.17) is 4.74 Å². The SMILES string of the molecule is CC1(NC(=O)O[C@H]2CC[C@@H](c3cc(Nc4nccc5nc(C(F)(F)F)cn45)n[nH]3)[C@@H]2F)CC1. The summed E-state index contributed by atoms with van der Waals surface area (Å²) >= 11 is 0. The van der Waals surface area contributed by atoms with Crippen LogP contribution in [0.2, 0.25) is 0 Å². The van der Waals surface area contributed by atoms with Gasteiger partial charge >= 0.3 is 12.3 Å². The van der Waals surface area contributed by atoms with E-state index in [2.05, 4.69) is 30.8 Å². The minimum Gasteiger partial charge on any atom is -0.443 e. The number of alkyl carbamates (subject to hydrolysis) is 1. The Morgan fingerprint density at radius 1 is 1.33 bits per heavy atom. The van der Waals surface area contributed by atoms with Crippen molar-refractivity contribution in [3.63, 3.8) is 0 Å². The molecule has 3 atom stereocenters. The van der Waals surface area contributed by atoms with Crippen molar-refractivity contribution < 1.29 is 27.1 Å². The van der Waals surface area contributed by atoms with Crippen LogP contribution in [0.4, 0.5) is 34.1 Å². The summed E-state index contributed by atoms with van der Waals surface area (Å²) in [4.78, 5) is 19.6. The molecule has 3 heterocycles. The largest absolute Gasteiger partial charge is 0.443 e. The molecule has 3 aromatic heterocycles. The molecular formula is C20H21F4N7O2. The molecule has 0 aliphatic heterocycles. The summed E-state index contributed by atoms with van der Waals surface area (Å²) in [6, 6.07) is 2.91. The average Bonchev–Trinajstić information content (AvgIpc) is 3.13. The lowest BCUT2D eigenvalue weighted by atomic mass is 10.0. The maximum Gasteiger partial charge on any atom is 0.434 e. The van der Waals surface area contributed by atoms with E-state index in [-0.39, 0.29) is 23.0 Å². The van der Waals surface area contributed by atoms with Crippen LogP contribution in [0.5, 0.6) is 0 Å². The van der Waals surface area contributed by atoms with Crippen molar-refractivity contribution in [3.8, 4) is 0 Å². The van der Waals surface area contributed by atoms with Gasteiger partial charge in [-0.3, -0.25) is 9.50 Å². The Hall–Kier alpha value is -3.38. The lowest BCUT2D eigenvalue weighted by molar-refractivity contribution is -0.140. The van der Waals surface area contributed by atoms with Crippen molar-refractivity contribution >= 4 is 23.5 Å². The molecule has 2 saturated carbocycles. The first-order valence-corrected chi connectivity index (χ1v) is 10.5. The molecule has 13 heteroatoms. The highest BCUT2D eigenvalue weighted by atomic mass is 19.4. The maximum absolute atomic E-state index is 15.0. The number of aromatic amines is 1. The number of ether oxygens (including phenoxy) is 1. The van der Waals surface area contributed by atoms with Gasteiger partial charge in [-0.25, -0.2) is 19.2 Å². The van der Waals surface area contributed by atoms with Gasteiger partial charge in [-0.05, 0) is 38.7 Å². The van der Waals surface area contributed by atoms with Crippen molar-refractivity contribution in [1.82, 2.24) is 29.9 Å². The second-order valence-electron chi connectivity index (χ2n) is 8.71. The van der Waals surface area contributed by atoms with Gasteiger partial charge in [-0.1, -0.05) is 0 Å². The van der Waals surface area contributed by atoms with E-state index in [1.165, 1.54) is 12.3 Å². The van der Waals surface area contributed by atoms with E-state index in [9.17, 15) is 18.0 Å². The van der Waals surface area contributed by atoms with Gasteiger partial charge in [0.15, 0.2) is 11.5 Å². The molecule has 176 valence electrons. The zero-order chi connectivity index (χ0) is 23.4. The van der Waals surface area contributed by atoms with Gasteiger partial charge < -0.3 is 15.4 Å². The van der Waals surface area contributed by atoms with Crippen molar-refractivity contribution in [1.29, 1.82) is 0 Å². The Balaban J connectivity index is 1.27. The molecule has 0 spiro atoms. The molecule has 1 amide bonds. The Morgan fingerprint density at radius 3 is 2.85 bits per heavy atom. The smallest absolute Gasteiger partial charge is 0.434 e. The van der Waals surface area contributed by atoms with E-state index in [0.717, 1.165) is 23.4 Å². The molecule has 0 aromatic carbocycles. The number of carbonyl (C=O) groups is 1. The van der Waals surface area contributed by atoms with Crippen LogP contribution in [0, 0.1) is 0 Å². The normalized spacial score (nSPS) is 24.1. The number of halogens is 4. The summed E-state index contributed by atoms with van der Waals surface area (Å²) in [5.74, 6) is -0.234. The van der Waals surface area contributed by atoms with Crippen molar-refractivity contribution in [2.45, 2.75) is 62.5 Å². The van der Waals surface area contributed by atoms with Gasteiger partial charge in [-0.2, -0.15) is 18.3 Å². The second-order valence-corrected chi connectivity index (χ2v) is 8.71. The summed E-state index contributed by atoms with van der Waals surface area (Å²) in [6.07, 6.45) is -2.77. The number of carbonyl (C=O) groups excluding carboxylic acids is 1. The summed E-state index contributed by atoms with van der Waals surface area (Å²) in [5, 5.41) is 12.4. The molecule has 9 nitrogen and oxygen atoms in total. The van der Waals surface area contributed by atoms with E-state index in [1.54, 1.807) is 6.07 Å². The van der Waals surface area contributed by atoms with Gasteiger partial charge in [0.25, 0.3) is 0 Å². The predicted octanol–water partition coefficient (Wildman–Crippen LogP) is 4.08. The number of imidazole rings is 1. The Kier molecular flexibility index (Phi) is 4.94. The number of fused-ring (bicyclic) bond motifs is 1. The number of hydrogen-bond acceptors (Lipinski definition) is 6. The molecule has 5 rings (SSSR count). The zero-order valence-electron chi connectivity index (χ0n) is 17.5. The molecule has 2 aliphatic rings. The predicted molar refractivity (Wildman–Crippen MR) is 108 cm³/mol. The van der Waals surface area contributed by atoms with E-state index in [1.807, 2.05) is 6.92 Å². The van der Waals surface area contributed by atoms with Crippen LogP contribution in [-0.4, -0.2) is 48.5 Å². The van der Waals surface area contributed by atoms with Crippen LogP contribution < -0.4 is 10.6 Å². The lowest BCUT2D eigenvalue weighted by Crippen LogP contribution is -2.38. The third-order valence-electron chi connectivity index (χ3n) is 6.07. The van der Waals surface area contributed by atoms with E-state index in [0.29, 0.717) is 18.5 Å². The van der Waals surface area contributed by atoms with Crippen LogP contribution >= 0.6 is 0 Å². The van der Waals surface area contributed by atoms with Crippen molar-refractivity contribution in [2.24, 2.45) is 0 Å². The topological polar surface area (TPSA) is 109 Å². The molecule has 3 aromatic rings. The number of hydrogen-bond donors (Lipinski definition) is 3. The Bertz CT molecular complexity index is 1190. The number of H-pyrrole nitrogens is 1. The number of rotatable bonds is 5. The standard InChI is InChI=1S/C20H21F4N7O2/c1-19(5-6-19)28-18(32)33-12-3-2-10(16(12)21)11-8-14(30-29-11)27-17-25-7-4-15-26-13(9-31(15)17)20(22,23)24/h4,7-10,12,16H,2-3,5-6H2,1H3,(H,28,32)(H2,25,27,29,30)/t10-,12-,16-/m0/s1. The minimum atomic E-state index is -4.59. The van der Waals surface area contributed by atoms with Crippen molar-refractivity contribution in [3.05, 3.63) is 35.9 Å². The van der Waals surface area contributed by atoms with Gasteiger partial charge in [0.2, 0.25) is 5.95 Å². The monoisotopic (exact) mass is 467 g/mol. The molecular weight excluding hydrogens is 446 g/mol. The van der Waals surface area contributed by atoms with Gasteiger partial charge in [0.1, 0.15) is 17.9 Å².